The Kier molecular flexibility index (Phi) is 5.28. The normalized spacial score (nSPS) is 23.8. The quantitative estimate of drug-likeness (QED) is 0.796. The number of benzene rings is 1. The second-order valence-electron chi connectivity index (χ2n) is 7.06. The average Bonchev–Trinajstić information content (AvgIpc) is 3.17. The summed E-state index contributed by atoms with van der Waals surface area (Å²) < 4.78 is 1.95. The lowest BCUT2D eigenvalue weighted by Crippen LogP contribution is -2.27. The number of hydrogen-bond donors (Lipinski definition) is 2. The third-order valence-corrected chi connectivity index (χ3v) is 5.45. The van der Waals surface area contributed by atoms with E-state index in [2.05, 4.69) is 30.1 Å². The number of nitrogens with two attached hydrogens (primary N) is 1. The van der Waals surface area contributed by atoms with Crippen molar-refractivity contribution in [2.75, 3.05) is 6.54 Å². The molecule has 26 heavy (non-hydrogen) atoms. The molecule has 5 heteroatoms. The number of carboxylic acids is 1. The van der Waals surface area contributed by atoms with E-state index in [9.17, 15) is 9.90 Å². The minimum atomic E-state index is -0.838. The van der Waals surface area contributed by atoms with E-state index in [-0.39, 0.29) is 5.92 Å². The first-order chi connectivity index (χ1) is 12.5. The molecule has 0 bridgehead atoms. The van der Waals surface area contributed by atoms with E-state index in [1.165, 1.54) is 5.22 Å². The van der Waals surface area contributed by atoms with Gasteiger partial charge < -0.3 is 15.4 Å². The van der Waals surface area contributed by atoms with E-state index in [0.717, 1.165) is 30.2 Å². The number of nitrogens with zero attached hydrogens (tertiary/aromatic N) is 2. The zero-order valence-corrected chi connectivity index (χ0v) is 15.5. The largest absolute Gasteiger partial charge is 0.481 e. The fourth-order valence-corrected chi connectivity index (χ4v) is 3.83. The highest BCUT2D eigenvalue weighted by molar-refractivity contribution is 5.85. The molecule has 1 aliphatic rings. The molecule has 0 spiro atoms. The molecule has 1 aliphatic carbocycles. The van der Waals surface area contributed by atoms with E-state index in [0.29, 0.717) is 18.7 Å². The predicted octanol–water partition coefficient (Wildman–Crippen LogP) is 1.83. The summed E-state index contributed by atoms with van der Waals surface area (Å²) in [7, 11) is 0. The van der Waals surface area contributed by atoms with Crippen molar-refractivity contribution in [3.8, 4) is 0 Å². The standard InChI is InChI=1S/C21H27N3O2/c1-3-7-16-8-4-5-10-18(16)15(2)24-13-19(23-14-24)21(20(25)26)12-17(21)9-6-11-22/h4-5,7-8,10,13-14,17H,3,6,9,11-12,22H2,1-2H3,(H,25,26)/b16-7-,18-15+. The van der Waals surface area contributed by atoms with Crippen LogP contribution in [0, 0.1) is 5.92 Å². The van der Waals surface area contributed by atoms with E-state index in [1.54, 1.807) is 6.33 Å². The molecule has 0 radical (unpaired) electrons. The van der Waals surface area contributed by atoms with E-state index >= 15 is 0 Å². The van der Waals surface area contributed by atoms with Gasteiger partial charge in [-0.2, -0.15) is 0 Å². The van der Waals surface area contributed by atoms with Gasteiger partial charge in [0.1, 0.15) is 5.41 Å². The van der Waals surface area contributed by atoms with Gasteiger partial charge in [-0.05, 0) is 50.3 Å². The Morgan fingerprint density at radius 3 is 2.92 bits per heavy atom. The van der Waals surface area contributed by atoms with Gasteiger partial charge in [0.05, 0.1) is 12.0 Å². The third-order valence-electron chi connectivity index (χ3n) is 5.45. The number of imidazole rings is 1. The van der Waals surface area contributed by atoms with Crippen LogP contribution in [0.25, 0.3) is 11.8 Å². The second kappa shape index (κ2) is 7.46. The first-order valence-electron chi connectivity index (χ1n) is 9.29. The summed E-state index contributed by atoms with van der Waals surface area (Å²) in [4.78, 5) is 16.4. The van der Waals surface area contributed by atoms with Crippen LogP contribution < -0.4 is 16.2 Å². The molecule has 0 saturated heterocycles. The van der Waals surface area contributed by atoms with Crippen LogP contribution in [0.3, 0.4) is 0 Å². The van der Waals surface area contributed by atoms with Gasteiger partial charge in [-0.15, -0.1) is 0 Å². The third kappa shape index (κ3) is 3.19. The minimum absolute atomic E-state index is 0.132. The van der Waals surface area contributed by atoms with Crippen LogP contribution in [0.2, 0.25) is 0 Å². The Balaban J connectivity index is 2.00. The van der Waals surface area contributed by atoms with E-state index in [1.807, 2.05) is 29.8 Å². The van der Waals surface area contributed by atoms with Gasteiger partial charge in [0.15, 0.2) is 0 Å². The molecule has 0 amide bonds. The highest BCUT2D eigenvalue weighted by atomic mass is 16.4. The van der Waals surface area contributed by atoms with Gasteiger partial charge in [0.25, 0.3) is 0 Å². The van der Waals surface area contributed by atoms with Crippen LogP contribution in [0.15, 0.2) is 36.8 Å². The number of carbonyl (C=O) groups is 1. The molecule has 2 aromatic rings. The van der Waals surface area contributed by atoms with Crippen LogP contribution in [-0.4, -0.2) is 27.2 Å². The lowest BCUT2D eigenvalue weighted by atomic mass is 9.98. The van der Waals surface area contributed by atoms with Gasteiger partial charge in [-0.25, -0.2) is 4.98 Å². The van der Waals surface area contributed by atoms with Crippen molar-refractivity contribution in [2.45, 2.75) is 44.9 Å². The Hall–Kier alpha value is -2.40. The first kappa shape index (κ1) is 18.4. The van der Waals surface area contributed by atoms with Crippen molar-refractivity contribution in [3.05, 3.63) is 52.9 Å². The number of aliphatic carboxylic acids is 1. The highest BCUT2D eigenvalue weighted by Gasteiger charge is 2.62. The number of rotatable bonds is 7. The molecule has 0 aliphatic heterocycles. The maximum Gasteiger partial charge on any atom is 0.316 e. The zero-order valence-electron chi connectivity index (χ0n) is 15.5. The monoisotopic (exact) mass is 353 g/mol. The van der Waals surface area contributed by atoms with Crippen molar-refractivity contribution in [1.29, 1.82) is 0 Å². The Morgan fingerprint density at radius 2 is 2.23 bits per heavy atom. The second-order valence-corrected chi connectivity index (χ2v) is 7.06. The Labute approximate surface area is 153 Å². The zero-order chi connectivity index (χ0) is 18.7. The van der Waals surface area contributed by atoms with Crippen molar-refractivity contribution in [3.63, 3.8) is 0 Å². The van der Waals surface area contributed by atoms with Crippen LogP contribution >= 0.6 is 0 Å². The minimum Gasteiger partial charge on any atom is -0.481 e. The van der Waals surface area contributed by atoms with Crippen LogP contribution in [0.1, 0.15) is 45.2 Å². The summed E-state index contributed by atoms with van der Waals surface area (Å²) in [5.41, 5.74) is 6.44. The SMILES string of the molecule is CC/C=c1/cccc/c1=C(/C)n1cnc(C2(C(=O)O)CC2CCCN)c1. The summed E-state index contributed by atoms with van der Waals surface area (Å²) >= 11 is 0. The van der Waals surface area contributed by atoms with Gasteiger partial charge in [-0.3, -0.25) is 4.79 Å². The molecule has 1 fully saturated rings. The highest BCUT2D eigenvalue weighted by Crippen LogP contribution is 2.56. The van der Waals surface area contributed by atoms with Crippen LogP contribution in [0.4, 0.5) is 0 Å². The van der Waals surface area contributed by atoms with E-state index < -0.39 is 11.4 Å². The van der Waals surface area contributed by atoms with Gasteiger partial charge in [0.2, 0.25) is 0 Å². The molecule has 2 unspecified atom stereocenters. The maximum absolute atomic E-state index is 12.0. The molecule has 1 aromatic carbocycles. The van der Waals surface area contributed by atoms with Gasteiger partial charge >= 0.3 is 5.97 Å². The summed E-state index contributed by atoms with van der Waals surface area (Å²) in [6.07, 6.45) is 9.12. The number of hydrogen-bond acceptors (Lipinski definition) is 3. The van der Waals surface area contributed by atoms with Gasteiger partial charge in [0, 0.05) is 17.1 Å². The fraction of sp³-hybridized carbons (Fsp3) is 0.429. The molecular formula is C21H27N3O2. The molecule has 3 rings (SSSR count). The Bertz CT molecular complexity index is 915. The number of aromatic nitrogens is 2. The lowest BCUT2D eigenvalue weighted by Gasteiger charge is -2.09. The smallest absolute Gasteiger partial charge is 0.316 e. The van der Waals surface area contributed by atoms with Crippen molar-refractivity contribution in [2.24, 2.45) is 11.7 Å². The molecule has 1 heterocycles. The van der Waals surface area contributed by atoms with Crippen LogP contribution in [0.5, 0.6) is 0 Å². The average molecular weight is 353 g/mol. The van der Waals surface area contributed by atoms with Crippen LogP contribution in [-0.2, 0) is 10.2 Å². The molecule has 5 nitrogen and oxygen atoms in total. The molecule has 2 atom stereocenters. The number of carboxylic acid groups (broad SMARTS) is 1. The topological polar surface area (TPSA) is 81.1 Å². The molecule has 3 N–H and O–H groups in total. The van der Waals surface area contributed by atoms with Crippen molar-refractivity contribution >= 4 is 17.7 Å². The summed E-state index contributed by atoms with van der Waals surface area (Å²) in [5.74, 6) is -0.643. The first-order valence-corrected chi connectivity index (χ1v) is 9.29. The fourth-order valence-electron chi connectivity index (χ4n) is 3.83. The molecule has 138 valence electrons. The molecule has 1 aromatic heterocycles. The summed E-state index contributed by atoms with van der Waals surface area (Å²) in [5, 5.41) is 12.1. The van der Waals surface area contributed by atoms with Gasteiger partial charge in [-0.1, -0.05) is 37.3 Å². The lowest BCUT2D eigenvalue weighted by molar-refractivity contribution is -0.140. The van der Waals surface area contributed by atoms with Crippen molar-refractivity contribution in [1.82, 2.24) is 9.55 Å². The predicted molar refractivity (Wildman–Crippen MR) is 103 cm³/mol. The summed E-state index contributed by atoms with van der Waals surface area (Å²) in [6, 6.07) is 8.24. The molecule has 1 saturated carbocycles. The maximum atomic E-state index is 12.0. The Morgan fingerprint density at radius 1 is 1.46 bits per heavy atom. The summed E-state index contributed by atoms with van der Waals surface area (Å²) in [6.45, 7) is 4.75. The van der Waals surface area contributed by atoms with E-state index in [4.69, 9.17) is 5.73 Å². The molecular weight excluding hydrogens is 326 g/mol. The van der Waals surface area contributed by atoms with Crippen molar-refractivity contribution < 1.29 is 9.90 Å².